The van der Waals surface area contributed by atoms with E-state index in [0.29, 0.717) is 28.5 Å². The fourth-order valence-corrected chi connectivity index (χ4v) is 3.17. The lowest BCUT2D eigenvalue weighted by Crippen LogP contribution is -2.13. The highest BCUT2D eigenvalue weighted by Crippen LogP contribution is 2.30. The van der Waals surface area contributed by atoms with Gasteiger partial charge >= 0.3 is 0 Å². The maximum Gasteiger partial charge on any atom is 0.248 e. The number of rotatable bonds is 7. The molecule has 0 aliphatic heterocycles. The molecule has 29 heavy (non-hydrogen) atoms. The Morgan fingerprint density at radius 1 is 1.14 bits per heavy atom. The molecule has 0 unspecified atom stereocenters. The Morgan fingerprint density at radius 3 is 2.55 bits per heavy atom. The lowest BCUT2D eigenvalue weighted by molar-refractivity contribution is 0.0999. The number of primary amides is 1. The molecule has 6 heteroatoms. The number of anilines is 1. The summed E-state index contributed by atoms with van der Waals surface area (Å²) in [6.07, 6.45) is 2.33. The van der Waals surface area contributed by atoms with E-state index in [-0.39, 0.29) is 0 Å². The predicted octanol–water partition coefficient (Wildman–Crippen LogP) is 4.63. The minimum atomic E-state index is -0.415. The van der Waals surface area contributed by atoms with Crippen molar-refractivity contribution in [2.45, 2.75) is 20.3 Å². The number of carbonyl (C=O) groups is 1. The van der Waals surface area contributed by atoms with Crippen molar-refractivity contribution in [2.75, 3.05) is 12.4 Å². The third kappa shape index (κ3) is 4.43. The van der Waals surface area contributed by atoms with Crippen LogP contribution in [0.5, 0.6) is 11.5 Å². The van der Waals surface area contributed by atoms with Gasteiger partial charge in [-0.3, -0.25) is 4.79 Å². The highest BCUT2D eigenvalue weighted by atomic mass is 16.5. The molecule has 0 aliphatic carbocycles. The van der Waals surface area contributed by atoms with E-state index in [1.807, 2.05) is 49.4 Å². The number of amides is 1. The summed E-state index contributed by atoms with van der Waals surface area (Å²) in [4.78, 5) is 15.9. The minimum Gasteiger partial charge on any atom is -0.456 e. The summed E-state index contributed by atoms with van der Waals surface area (Å²) in [5.41, 5.74) is 10.6. The van der Waals surface area contributed by atoms with Crippen LogP contribution in [-0.2, 0) is 6.42 Å². The first-order valence-electron chi connectivity index (χ1n) is 9.37. The largest absolute Gasteiger partial charge is 0.456 e. The molecule has 1 heterocycles. The van der Waals surface area contributed by atoms with E-state index in [0.717, 1.165) is 28.8 Å². The van der Waals surface area contributed by atoms with Gasteiger partial charge in [0.05, 0.1) is 17.6 Å². The van der Waals surface area contributed by atoms with Gasteiger partial charge in [-0.2, -0.15) is 0 Å². The van der Waals surface area contributed by atoms with Crippen molar-refractivity contribution >= 4 is 17.3 Å². The molecule has 0 fully saturated rings. The number of aryl methyl sites for hydroxylation is 1. The second-order valence-electron chi connectivity index (χ2n) is 6.66. The number of aromatic nitrogens is 1. The first kappa shape index (κ1) is 20.1. The normalized spacial score (nSPS) is 10.4. The van der Waals surface area contributed by atoms with Gasteiger partial charge in [-0.15, -0.1) is 0 Å². The van der Waals surface area contributed by atoms with Crippen LogP contribution >= 0.6 is 0 Å². The van der Waals surface area contributed by atoms with E-state index < -0.39 is 5.91 Å². The van der Waals surface area contributed by atoms with Gasteiger partial charge in [0.2, 0.25) is 5.91 Å². The van der Waals surface area contributed by atoms with Crippen LogP contribution in [-0.4, -0.2) is 23.7 Å². The Hall–Kier alpha value is -3.67. The predicted molar refractivity (Wildman–Crippen MR) is 116 cm³/mol. The van der Waals surface area contributed by atoms with E-state index in [9.17, 15) is 4.79 Å². The molecule has 3 aromatic rings. The molecular formula is C23H24N4O2. The second kappa shape index (κ2) is 8.56. The van der Waals surface area contributed by atoms with Gasteiger partial charge in [-0.05, 0) is 48.2 Å². The molecule has 0 spiro atoms. The average molecular weight is 388 g/mol. The molecule has 0 radical (unpaired) electrons. The van der Waals surface area contributed by atoms with E-state index in [4.69, 9.17) is 15.9 Å². The molecule has 4 N–H and O–H groups in total. The van der Waals surface area contributed by atoms with Gasteiger partial charge < -0.3 is 21.2 Å². The summed E-state index contributed by atoms with van der Waals surface area (Å²) in [5, 5.41) is 10.8. The molecule has 6 nitrogen and oxygen atoms in total. The molecule has 0 saturated carbocycles. The third-order valence-corrected chi connectivity index (χ3v) is 4.64. The summed E-state index contributed by atoms with van der Waals surface area (Å²) in [6, 6.07) is 15.2. The molecule has 0 bridgehead atoms. The van der Waals surface area contributed by atoms with Crippen LogP contribution in [0.2, 0.25) is 0 Å². The van der Waals surface area contributed by atoms with Crippen LogP contribution in [0.1, 0.15) is 35.5 Å². The first-order chi connectivity index (χ1) is 13.9. The molecule has 1 amide bonds. The Balaban J connectivity index is 1.91. The van der Waals surface area contributed by atoms with Crippen molar-refractivity contribution in [2.24, 2.45) is 5.73 Å². The molecule has 148 valence electrons. The van der Waals surface area contributed by atoms with E-state index in [1.54, 1.807) is 26.2 Å². The minimum absolute atomic E-state index is 0.383. The Morgan fingerprint density at radius 2 is 1.90 bits per heavy atom. The van der Waals surface area contributed by atoms with Crippen LogP contribution in [0, 0.1) is 5.41 Å². The number of hydrogen-bond acceptors (Lipinski definition) is 5. The van der Waals surface area contributed by atoms with Gasteiger partial charge in [0, 0.05) is 18.7 Å². The fourth-order valence-electron chi connectivity index (χ4n) is 3.17. The van der Waals surface area contributed by atoms with Crippen LogP contribution in [0.15, 0.2) is 54.7 Å². The fraction of sp³-hybridized carbons (Fsp3) is 0.174. The maximum atomic E-state index is 11.6. The first-order valence-corrected chi connectivity index (χ1v) is 9.37. The van der Waals surface area contributed by atoms with Gasteiger partial charge in [0.15, 0.2) is 0 Å². The maximum absolute atomic E-state index is 11.6. The van der Waals surface area contributed by atoms with Crippen LogP contribution in [0.25, 0.3) is 11.1 Å². The zero-order valence-corrected chi connectivity index (χ0v) is 16.7. The van der Waals surface area contributed by atoms with E-state index in [2.05, 4.69) is 10.3 Å². The molecule has 0 saturated heterocycles. The molecule has 0 atom stereocenters. The van der Waals surface area contributed by atoms with Crippen molar-refractivity contribution < 1.29 is 9.53 Å². The number of ether oxygens (including phenoxy) is 1. The number of benzene rings is 2. The summed E-state index contributed by atoms with van der Waals surface area (Å²) in [6.45, 7) is 3.69. The molecule has 3 rings (SSSR count). The summed E-state index contributed by atoms with van der Waals surface area (Å²) in [7, 11) is 1.79. The molecular weight excluding hydrogens is 364 g/mol. The van der Waals surface area contributed by atoms with Crippen molar-refractivity contribution in [1.29, 1.82) is 5.41 Å². The van der Waals surface area contributed by atoms with Gasteiger partial charge in [-0.25, -0.2) is 4.98 Å². The van der Waals surface area contributed by atoms with Crippen LogP contribution in [0.3, 0.4) is 0 Å². The number of hydrogen-bond donors (Lipinski definition) is 3. The van der Waals surface area contributed by atoms with Crippen LogP contribution in [0.4, 0.5) is 5.69 Å². The van der Waals surface area contributed by atoms with Crippen molar-refractivity contribution in [3.8, 4) is 22.6 Å². The quantitative estimate of drug-likeness (QED) is 0.514. The number of nitrogens with zero attached hydrogens (tertiary/aromatic N) is 1. The highest BCUT2D eigenvalue weighted by Gasteiger charge is 2.11. The SMILES string of the molecule is CCc1cc(-c2cccc(Oc3cnc(C(C)=N)c(NC)c3)c2)ccc1C(N)=O. The molecule has 1 aromatic heterocycles. The molecule has 2 aromatic carbocycles. The summed E-state index contributed by atoms with van der Waals surface area (Å²) in [5.74, 6) is 0.833. The topological polar surface area (TPSA) is 101 Å². The third-order valence-electron chi connectivity index (χ3n) is 4.64. The summed E-state index contributed by atoms with van der Waals surface area (Å²) >= 11 is 0. The number of nitrogens with one attached hydrogen (secondary N) is 2. The molecule has 0 aliphatic rings. The lowest BCUT2D eigenvalue weighted by Gasteiger charge is -2.12. The van der Waals surface area contributed by atoms with Crippen molar-refractivity contribution in [3.05, 3.63) is 71.5 Å². The second-order valence-corrected chi connectivity index (χ2v) is 6.66. The highest BCUT2D eigenvalue weighted by molar-refractivity contribution is 5.99. The average Bonchev–Trinajstić information content (AvgIpc) is 2.73. The van der Waals surface area contributed by atoms with Crippen LogP contribution < -0.4 is 15.8 Å². The van der Waals surface area contributed by atoms with E-state index >= 15 is 0 Å². The Bertz CT molecular complexity index is 1080. The number of nitrogens with two attached hydrogens (primary N) is 1. The summed E-state index contributed by atoms with van der Waals surface area (Å²) < 4.78 is 5.99. The Kier molecular flexibility index (Phi) is 5.93. The van der Waals surface area contributed by atoms with Gasteiger partial charge in [0.1, 0.15) is 17.2 Å². The lowest BCUT2D eigenvalue weighted by atomic mass is 9.97. The van der Waals surface area contributed by atoms with E-state index in [1.165, 1.54) is 0 Å². The number of carbonyl (C=O) groups excluding carboxylic acids is 1. The Labute approximate surface area is 170 Å². The monoisotopic (exact) mass is 388 g/mol. The standard InChI is InChI=1S/C23H24N4O2/c1-4-15-10-17(8-9-20(15)23(25)28)16-6-5-7-18(11-16)29-19-12-21(26-3)22(14(2)24)27-13-19/h5-13,24,26H,4H2,1-3H3,(H2,25,28). The van der Waals surface area contributed by atoms with Crippen molar-refractivity contribution in [3.63, 3.8) is 0 Å². The number of pyridine rings is 1. The van der Waals surface area contributed by atoms with Gasteiger partial charge in [-0.1, -0.05) is 31.2 Å². The zero-order valence-electron chi connectivity index (χ0n) is 16.7. The van der Waals surface area contributed by atoms with Gasteiger partial charge in [0.25, 0.3) is 0 Å². The van der Waals surface area contributed by atoms with Crippen molar-refractivity contribution in [1.82, 2.24) is 4.98 Å². The zero-order chi connectivity index (χ0) is 21.0. The smallest absolute Gasteiger partial charge is 0.248 e.